The van der Waals surface area contributed by atoms with Crippen LogP contribution in [-0.4, -0.2) is 27.9 Å². The van der Waals surface area contributed by atoms with Crippen LogP contribution in [0.3, 0.4) is 0 Å². The molecule has 6 heteroatoms. The Labute approximate surface area is 154 Å². The smallest absolute Gasteiger partial charge is 0.398 e. The number of nitrogens with zero attached hydrogens (tertiary/aromatic N) is 2. The molecule has 134 valence electrons. The van der Waals surface area contributed by atoms with Gasteiger partial charge in [-0.3, -0.25) is 0 Å². The molecule has 0 spiro atoms. The molecule has 0 bridgehead atoms. The standard InChI is InChI=1S/C20H22BFN2O2/c1-19(2)20(3,4)26-21(25-19)18(22)14-17-8-5-7-16(13-17)9-6-11-24-12-10-23-15-24/h5,7-8,10,12-15H,11H2,1-4H3. The Hall–Kier alpha value is -2.36. The monoisotopic (exact) mass is 352 g/mol. The summed E-state index contributed by atoms with van der Waals surface area (Å²) in [5.74, 6) is 6.15. The van der Waals surface area contributed by atoms with Crippen LogP contribution in [0, 0.1) is 11.8 Å². The Bertz CT molecular complexity index is 847. The fourth-order valence-corrected chi connectivity index (χ4v) is 2.50. The molecule has 3 rings (SSSR count). The summed E-state index contributed by atoms with van der Waals surface area (Å²) in [7, 11) is -0.990. The van der Waals surface area contributed by atoms with Crippen molar-refractivity contribution in [2.24, 2.45) is 0 Å². The van der Waals surface area contributed by atoms with Gasteiger partial charge in [0.2, 0.25) is 0 Å². The van der Waals surface area contributed by atoms with Crippen LogP contribution in [0.4, 0.5) is 4.39 Å². The molecule has 0 unspecified atom stereocenters. The van der Waals surface area contributed by atoms with E-state index in [1.807, 2.05) is 62.7 Å². The van der Waals surface area contributed by atoms with Gasteiger partial charge in [0.15, 0.2) is 0 Å². The summed E-state index contributed by atoms with van der Waals surface area (Å²) < 4.78 is 28.0. The summed E-state index contributed by atoms with van der Waals surface area (Å²) in [6.45, 7) is 8.16. The first-order chi connectivity index (χ1) is 12.3. The molecule has 0 saturated carbocycles. The number of aromatic nitrogens is 2. The third-order valence-corrected chi connectivity index (χ3v) is 4.72. The molecule has 1 saturated heterocycles. The molecule has 0 radical (unpaired) electrons. The van der Waals surface area contributed by atoms with Gasteiger partial charge in [-0.2, -0.15) is 0 Å². The van der Waals surface area contributed by atoms with Crippen LogP contribution < -0.4 is 0 Å². The fraction of sp³-hybridized carbons (Fsp3) is 0.350. The SMILES string of the molecule is CC1(C)OB(C(F)=Cc2cccc(C#CCn3ccnc3)c2)OC1(C)C. The van der Waals surface area contributed by atoms with Crippen LogP contribution in [0.25, 0.3) is 6.08 Å². The summed E-state index contributed by atoms with van der Waals surface area (Å²) in [6.07, 6.45) is 6.72. The lowest BCUT2D eigenvalue weighted by Crippen LogP contribution is -2.41. The summed E-state index contributed by atoms with van der Waals surface area (Å²) >= 11 is 0. The first-order valence-corrected chi connectivity index (χ1v) is 8.54. The molecular formula is C20H22BFN2O2. The van der Waals surface area contributed by atoms with Crippen LogP contribution in [0.2, 0.25) is 0 Å². The minimum atomic E-state index is -0.990. The van der Waals surface area contributed by atoms with Crippen LogP contribution in [0.1, 0.15) is 38.8 Å². The lowest BCUT2D eigenvalue weighted by atomic mass is 9.86. The molecule has 0 aliphatic carbocycles. The molecule has 4 nitrogen and oxygen atoms in total. The summed E-state index contributed by atoms with van der Waals surface area (Å²) in [5.41, 5.74) is -0.0492. The predicted octanol–water partition coefficient (Wildman–Crippen LogP) is 3.88. The maximum Gasteiger partial charge on any atom is 0.525 e. The van der Waals surface area contributed by atoms with E-state index in [0.717, 1.165) is 5.56 Å². The van der Waals surface area contributed by atoms with Gasteiger partial charge in [0.25, 0.3) is 0 Å². The zero-order valence-corrected chi connectivity index (χ0v) is 15.5. The lowest BCUT2D eigenvalue weighted by molar-refractivity contribution is 0.00578. The van der Waals surface area contributed by atoms with E-state index in [-0.39, 0.29) is 0 Å². The van der Waals surface area contributed by atoms with Crippen molar-refractivity contribution in [3.8, 4) is 11.8 Å². The van der Waals surface area contributed by atoms with Crippen LogP contribution >= 0.6 is 0 Å². The second-order valence-electron chi connectivity index (χ2n) is 7.28. The van der Waals surface area contributed by atoms with E-state index in [0.29, 0.717) is 12.1 Å². The predicted molar refractivity (Wildman–Crippen MR) is 101 cm³/mol. The topological polar surface area (TPSA) is 36.3 Å². The van der Waals surface area contributed by atoms with Gasteiger partial charge in [0.05, 0.1) is 24.1 Å². The fourth-order valence-electron chi connectivity index (χ4n) is 2.50. The van der Waals surface area contributed by atoms with Gasteiger partial charge in [-0.05, 0) is 51.5 Å². The molecule has 0 atom stereocenters. The number of halogens is 1. The Morgan fingerprint density at radius 3 is 2.65 bits per heavy atom. The van der Waals surface area contributed by atoms with Crippen LogP contribution in [0.15, 0.2) is 48.7 Å². The van der Waals surface area contributed by atoms with Crippen molar-refractivity contribution in [1.29, 1.82) is 0 Å². The van der Waals surface area contributed by atoms with Crippen molar-refractivity contribution >= 4 is 13.2 Å². The molecule has 2 heterocycles. The zero-order valence-electron chi connectivity index (χ0n) is 15.5. The van der Waals surface area contributed by atoms with Crippen LogP contribution in [-0.2, 0) is 15.9 Å². The Kier molecular flexibility index (Phi) is 5.04. The second kappa shape index (κ2) is 7.10. The van der Waals surface area contributed by atoms with Crippen molar-refractivity contribution in [1.82, 2.24) is 9.55 Å². The van der Waals surface area contributed by atoms with E-state index in [4.69, 9.17) is 9.31 Å². The normalized spacial score (nSPS) is 18.5. The van der Waals surface area contributed by atoms with E-state index >= 15 is 0 Å². The molecule has 0 N–H and O–H groups in total. The Morgan fingerprint density at radius 2 is 2.00 bits per heavy atom. The molecule has 1 aliphatic heterocycles. The van der Waals surface area contributed by atoms with Crippen molar-refractivity contribution < 1.29 is 13.7 Å². The van der Waals surface area contributed by atoms with Crippen molar-refractivity contribution in [2.45, 2.75) is 45.4 Å². The van der Waals surface area contributed by atoms with Gasteiger partial charge < -0.3 is 13.9 Å². The highest BCUT2D eigenvalue weighted by Gasteiger charge is 2.53. The van der Waals surface area contributed by atoms with Crippen molar-refractivity contribution in [3.63, 3.8) is 0 Å². The van der Waals surface area contributed by atoms with E-state index < -0.39 is 24.0 Å². The quantitative estimate of drug-likeness (QED) is 0.621. The average Bonchev–Trinajstić information content (AvgIpc) is 3.14. The molecule has 1 fully saturated rings. The highest BCUT2D eigenvalue weighted by Crippen LogP contribution is 2.39. The van der Waals surface area contributed by atoms with Gasteiger partial charge in [-0.1, -0.05) is 24.0 Å². The first-order valence-electron chi connectivity index (χ1n) is 8.54. The first kappa shape index (κ1) is 18.4. The number of hydrogen-bond acceptors (Lipinski definition) is 3. The van der Waals surface area contributed by atoms with Gasteiger partial charge in [-0.25, -0.2) is 9.37 Å². The lowest BCUT2D eigenvalue weighted by Gasteiger charge is -2.32. The maximum atomic E-state index is 14.6. The minimum absolute atomic E-state index is 0.452. The molecular weight excluding hydrogens is 330 g/mol. The summed E-state index contributed by atoms with van der Waals surface area (Å²) in [4.78, 5) is 3.97. The molecule has 2 aromatic rings. The van der Waals surface area contributed by atoms with E-state index in [1.165, 1.54) is 6.08 Å². The van der Waals surface area contributed by atoms with Gasteiger partial charge in [0.1, 0.15) is 5.73 Å². The van der Waals surface area contributed by atoms with Crippen LogP contribution in [0.5, 0.6) is 0 Å². The summed E-state index contributed by atoms with van der Waals surface area (Å²) in [5, 5.41) is 0. The molecule has 1 aliphatic rings. The van der Waals surface area contributed by atoms with E-state index in [2.05, 4.69) is 16.8 Å². The minimum Gasteiger partial charge on any atom is -0.398 e. The van der Waals surface area contributed by atoms with Gasteiger partial charge >= 0.3 is 7.12 Å². The van der Waals surface area contributed by atoms with Crippen molar-refractivity contribution in [2.75, 3.05) is 0 Å². The number of imidazole rings is 1. The largest absolute Gasteiger partial charge is 0.525 e. The van der Waals surface area contributed by atoms with Gasteiger partial charge in [0, 0.05) is 18.0 Å². The molecule has 0 amide bonds. The third kappa shape index (κ3) is 4.06. The maximum absolute atomic E-state index is 14.6. The van der Waals surface area contributed by atoms with Crippen molar-refractivity contribution in [3.05, 3.63) is 59.8 Å². The number of hydrogen-bond donors (Lipinski definition) is 0. The summed E-state index contributed by atoms with van der Waals surface area (Å²) in [6, 6.07) is 7.41. The number of rotatable bonds is 3. The highest BCUT2D eigenvalue weighted by molar-refractivity contribution is 6.54. The third-order valence-electron chi connectivity index (χ3n) is 4.72. The molecule has 1 aromatic heterocycles. The van der Waals surface area contributed by atoms with E-state index in [9.17, 15) is 4.39 Å². The molecule has 1 aromatic carbocycles. The highest BCUT2D eigenvalue weighted by atomic mass is 19.1. The number of benzene rings is 1. The Morgan fingerprint density at radius 1 is 1.27 bits per heavy atom. The second-order valence-corrected chi connectivity index (χ2v) is 7.28. The van der Waals surface area contributed by atoms with Gasteiger partial charge in [-0.15, -0.1) is 0 Å². The zero-order chi connectivity index (χ0) is 18.8. The Balaban J connectivity index is 1.72. The van der Waals surface area contributed by atoms with E-state index in [1.54, 1.807) is 12.5 Å². The molecule has 26 heavy (non-hydrogen) atoms. The average molecular weight is 352 g/mol.